The van der Waals surface area contributed by atoms with Crippen molar-refractivity contribution in [1.82, 2.24) is 0 Å². The molecule has 1 aromatic carbocycles. The standard InChI is InChI=1S/C8H7ClN2O/c1-11-5-12-8-3-2-6(9)4-7(8)10/h2-4H,5,10H2. The van der Waals surface area contributed by atoms with Crippen LogP contribution in [-0.2, 0) is 0 Å². The van der Waals surface area contributed by atoms with E-state index in [1.165, 1.54) is 0 Å². The van der Waals surface area contributed by atoms with E-state index >= 15 is 0 Å². The van der Waals surface area contributed by atoms with Crippen molar-refractivity contribution in [3.63, 3.8) is 0 Å². The molecule has 0 unspecified atom stereocenters. The fourth-order valence-corrected chi connectivity index (χ4v) is 0.933. The number of hydrogen-bond acceptors (Lipinski definition) is 2. The van der Waals surface area contributed by atoms with Gasteiger partial charge in [-0.1, -0.05) is 11.6 Å². The van der Waals surface area contributed by atoms with Crippen molar-refractivity contribution in [2.24, 2.45) is 0 Å². The minimum absolute atomic E-state index is 0.0220. The van der Waals surface area contributed by atoms with Crippen LogP contribution in [0, 0.1) is 6.57 Å². The molecule has 0 aliphatic heterocycles. The van der Waals surface area contributed by atoms with Crippen molar-refractivity contribution in [3.05, 3.63) is 34.6 Å². The zero-order valence-corrected chi connectivity index (χ0v) is 7.01. The maximum Gasteiger partial charge on any atom is 0.357 e. The molecule has 0 aliphatic carbocycles. The first-order valence-corrected chi connectivity index (χ1v) is 3.63. The van der Waals surface area contributed by atoms with E-state index in [0.717, 1.165) is 0 Å². The molecule has 2 N–H and O–H groups in total. The molecule has 0 saturated heterocycles. The van der Waals surface area contributed by atoms with Gasteiger partial charge in [0.1, 0.15) is 0 Å². The molecule has 1 rings (SSSR count). The van der Waals surface area contributed by atoms with Crippen LogP contribution in [0.4, 0.5) is 5.69 Å². The van der Waals surface area contributed by atoms with Crippen molar-refractivity contribution in [1.29, 1.82) is 0 Å². The molecule has 0 heterocycles. The lowest BCUT2D eigenvalue weighted by Gasteiger charge is -2.02. The number of nitrogens with zero attached hydrogens (tertiary/aromatic N) is 1. The van der Waals surface area contributed by atoms with Crippen molar-refractivity contribution in [2.75, 3.05) is 12.5 Å². The third kappa shape index (κ3) is 2.04. The van der Waals surface area contributed by atoms with Gasteiger partial charge in [-0.15, -0.1) is 0 Å². The zero-order chi connectivity index (χ0) is 8.97. The summed E-state index contributed by atoms with van der Waals surface area (Å²) in [5.74, 6) is 0.496. The van der Waals surface area contributed by atoms with E-state index in [-0.39, 0.29) is 6.73 Å². The van der Waals surface area contributed by atoms with Crippen LogP contribution in [0.2, 0.25) is 5.02 Å². The van der Waals surface area contributed by atoms with Gasteiger partial charge in [-0.3, -0.25) is 4.85 Å². The Hall–Kier alpha value is -1.40. The van der Waals surface area contributed by atoms with E-state index in [1.807, 2.05) is 0 Å². The number of benzene rings is 1. The highest BCUT2D eigenvalue weighted by Crippen LogP contribution is 2.24. The fraction of sp³-hybridized carbons (Fsp3) is 0.125. The molecule has 0 aromatic heterocycles. The van der Waals surface area contributed by atoms with Crippen LogP contribution in [0.5, 0.6) is 5.75 Å². The summed E-state index contributed by atoms with van der Waals surface area (Å²) < 4.78 is 5.00. The van der Waals surface area contributed by atoms with Gasteiger partial charge in [0.25, 0.3) is 0 Å². The summed E-state index contributed by atoms with van der Waals surface area (Å²) in [5, 5.41) is 0.558. The Kier molecular flexibility index (Phi) is 2.78. The first-order valence-electron chi connectivity index (χ1n) is 3.25. The molecule has 3 nitrogen and oxygen atoms in total. The van der Waals surface area contributed by atoms with Gasteiger partial charge in [0, 0.05) is 5.02 Å². The van der Waals surface area contributed by atoms with Gasteiger partial charge in [0.05, 0.1) is 5.69 Å². The summed E-state index contributed by atoms with van der Waals surface area (Å²) in [6.45, 7) is 6.48. The number of halogens is 1. The quantitative estimate of drug-likeness (QED) is 0.563. The highest BCUT2D eigenvalue weighted by molar-refractivity contribution is 6.30. The van der Waals surface area contributed by atoms with E-state index in [1.54, 1.807) is 18.2 Å². The molecule has 0 fully saturated rings. The summed E-state index contributed by atoms with van der Waals surface area (Å²) in [7, 11) is 0. The predicted octanol–water partition coefficient (Wildman–Crippen LogP) is 2.18. The van der Waals surface area contributed by atoms with Crippen LogP contribution in [0.15, 0.2) is 18.2 Å². The topological polar surface area (TPSA) is 39.6 Å². The number of nitrogens with two attached hydrogens (primary N) is 1. The molecule has 62 valence electrons. The summed E-state index contributed by atoms with van der Waals surface area (Å²) in [4.78, 5) is 3.03. The summed E-state index contributed by atoms with van der Waals surface area (Å²) in [5.41, 5.74) is 6.00. The number of nitrogen functional groups attached to an aromatic ring is 1. The monoisotopic (exact) mass is 182 g/mol. The first kappa shape index (κ1) is 8.69. The number of rotatable bonds is 2. The minimum Gasteiger partial charge on any atom is -0.424 e. The first-order chi connectivity index (χ1) is 5.74. The Bertz CT molecular complexity index is 319. The van der Waals surface area contributed by atoms with Crippen molar-refractivity contribution >= 4 is 17.3 Å². The van der Waals surface area contributed by atoms with Gasteiger partial charge < -0.3 is 10.5 Å². The fourth-order valence-electron chi connectivity index (χ4n) is 0.753. The van der Waals surface area contributed by atoms with Gasteiger partial charge in [-0.05, 0) is 18.2 Å². The van der Waals surface area contributed by atoms with E-state index in [2.05, 4.69) is 4.85 Å². The zero-order valence-electron chi connectivity index (χ0n) is 6.25. The molecular formula is C8H7ClN2O. The third-order valence-electron chi connectivity index (χ3n) is 1.26. The van der Waals surface area contributed by atoms with Crippen LogP contribution in [0.1, 0.15) is 0 Å². The second kappa shape index (κ2) is 3.84. The van der Waals surface area contributed by atoms with Crippen molar-refractivity contribution < 1.29 is 4.74 Å². The van der Waals surface area contributed by atoms with Gasteiger partial charge in [-0.25, -0.2) is 6.57 Å². The molecule has 0 spiro atoms. The van der Waals surface area contributed by atoms with Crippen LogP contribution < -0.4 is 10.5 Å². The normalized spacial score (nSPS) is 9.00. The second-order valence-electron chi connectivity index (χ2n) is 2.11. The molecule has 12 heavy (non-hydrogen) atoms. The largest absolute Gasteiger partial charge is 0.424 e. The number of ether oxygens (including phenoxy) is 1. The van der Waals surface area contributed by atoms with E-state index in [4.69, 9.17) is 28.6 Å². The molecule has 0 saturated carbocycles. The Morgan fingerprint density at radius 3 is 2.92 bits per heavy atom. The second-order valence-corrected chi connectivity index (χ2v) is 2.55. The Labute approximate surface area is 75.5 Å². The van der Waals surface area contributed by atoms with Crippen molar-refractivity contribution in [3.8, 4) is 5.75 Å². The lowest BCUT2D eigenvalue weighted by atomic mass is 10.3. The van der Waals surface area contributed by atoms with E-state index < -0.39 is 0 Å². The predicted molar refractivity (Wildman–Crippen MR) is 48.0 cm³/mol. The number of anilines is 1. The number of hydrogen-bond donors (Lipinski definition) is 1. The van der Waals surface area contributed by atoms with Gasteiger partial charge in [-0.2, -0.15) is 0 Å². The van der Waals surface area contributed by atoms with Crippen LogP contribution in [0.3, 0.4) is 0 Å². The SMILES string of the molecule is [C-]#[N+]COc1ccc(Cl)cc1N. The van der Waals surface area contributed by atoms with E-state index in [9.17, 15) is 0 Å². The Balaban J connectivity index is 2.81. The molecule has 0 aliphatic rings. The average Bonchev–Trinajstić information content (AvgIpc) is 2.03. The third-order valence-corrected chi connectivity index (χ3v) is 1.49. The molecule has 0 atom stereocenters. The van der Waals surface area contributed by atoms with Crippen LogP contribution in [0.25, 0.3) is 4.85 Å². The average molecular weight is 183 g/mol. The van der Waals surface area contributed by atoms with Crippen LogP contribution in [-0.4, -0.2) is 6.73 Å². The van der Waals surface area contributed by atoms with Crippen LogP contribution >= 0.6 is 11.6 Å². The highest BCUT2D eigenvalue weighted by Gasteiger charge is 2.00. The maximum absolute atomic E-state index is 6.50. The molecule has 4 heteroatoms. The molecular weight excluding hydrogens is 176 g/mol. The van der Waals surface area contributed by atoms with Crippen molar-refractivity contribution in [2.45, 2.75) is 0 Å². The smallest absolute Gasteiger partial charge is 0.357 e. The minimum atomic E-state index is -0.0220. The molecule has 1 aromatic rings. The maximum atomic E-state index is 6.50. The molecule has 0 radical (unpaired) electrons. The summed E-state index contributed by atoms with van der Waals surface area (Å²) >= 11 is 5.65. The van der Waals surface area contributed by atoms with E-state index in [0.29, 0.717) is 16.5 Å². The summed E-state index contributed by atoms with van der Waals surface area (Å²) in [6, 6.07) is 4.89. The lowest BCUT2D eigenvalue weighted by Crippen LogP contribution is -1.96. The Morgan fingerprint density at radius 1 is 1.58 bits per heavy atom. The molecule has 0 bridgehead atoms. The van der Waals surface area contributed by atoms with Gasteiger partial charge >= 0.3 is 6.73 Å². The molecule has 0 amide bonds. The lowest BCUT2D eigenvalue weighted by molar-refractivity contribution is 0.363. The summed E-state index contributed by atoms with van der Waals surface area (Å²) in [6.07, 6.45) is 0. The van der Waals surface area contributed by atoms with Gasteiger partial charge in [0.2, 0.25) is 0 Å². The highest BCUT2D eigenvalue weighted by atomic mass is 35.5. The Morgan fingerprint density at radius 2 is 2.33 bits per heavy atom. The van der Waals surface area contributed by atoms with Gasteiger partial charge in [0.15, 0.2) is 5.75 Å².